The first-order valence-corrected chi connectivity index (χ1v) is 9.74. The number of amides is 1. The minimum atomic E-state index is 0.103. The Hall–Kier alpha value is -2.66. The summed E-state index contributed by atoms with van der Waals surface area (Å²) in [4.78, 5) is 19.1. The number of hydrogen-bond donors (Lipinski definition) is 1. The largest absolute Gasteiger partial charge is 0.355 e. The van der Waals surface area contributed by atoms with Gasteiger partial charge in [0.1, 0.15) is 5.65 Å². The number of carbonyl (C=O) groups excluding carboxylic acids is 1. The summed E-state index contributed by atoms with van der Waals surface area (Å²) in [6.45, 7) is 3.83. The number of aromatic nitrogens is 2. The Bertz CT molecular complexity index is 856. The van der Waals surface area contributed by atoms with Crippen molar-refractivity contribution in [3.05, 3.63) is 72.2 Å². The number of nitrogens with zero attached hydrogens (tertiary/aromatic N) is 3. The molecule has 0 saturated carbocycles. The fraction of sp³-hybridized carbons (Fsp3) is 0.364. The Kier molecular flexibility index (Phi) is 5.49. The predicted molar refractivity (Wildman–Crippen MR) is 107 cm³/mol. The van der Waals surface area contributed by atoms with Crippen molar-refractivity contribution < 1.29 is 4.79 Å². The first kappa shape index (κ1) is 17.7. The van der Waals surface area contributed by atoms with E-state index in [-0.39, 0.29) is 5.91 Å². The van der Waals surface area contributed by atoms with E-state index >= 15 is 0 Å². The van der Waals surface area contributed by atoms with Gasteiger partial charge in [-0.1, -0.05) is 36.4 Å². The van der Waals surface area contributed by atoms with Gasteiger partial charge in [0, 0.05) is 38.4 Å². The number of pyridine rings is 1. The first-order chi connectivity index (χ1) is 13.3. The van der Waals surface area contributed by atoms with E-state index < -0.39 is 0 Å². The average molecular weight is 362 g/mol. The van der Waals surface area contributed by atoms with Crippen molar-refractivity contribution in [3.8, 4) is 0 Å². The van der Waals surface area contributed by atoms with Gasteiger partial charge in [0.15, 0.2) is 0 Å². The van der Waals surface area contributed by atoms with Crippen molar-refractivity contribution in [2.24, 2.45) is 0 Å². The maximum atomic E-state index is 12.1. The van der Waals surface area contributed by atoms with Crippen molar-refractivity contribution in [2.75, 3.05) is 26.2 Å². The molecule has 0 aliphatic carbocycles. The molecule has 0 spiro atoms. The van der Waals surface area contributed by atoms with Gasteiger partial charge in [-0.05, 0) is 43.0 Å². The maximum Gasteiger partial charge on any atom is 0.220 e. The zero-order valence-corrected chi connectivity index (χ0v) is 15.6. The number of carbonyl (C=O) groups is 1. The fourth-order valence-electron chi connectivity index (χ4n) is 3.82. The number of imidazole rings is 1. The highest BCUT2D eigenvalue weighted by molar-refractivity contribution is 5.76. The fourth-order valence-corrected chi connectivity index (χ4v) is 3.82. The van der Waals surface area contributed by atoms with Crippen LogP contribution in [-0.2, 0) is 11.2 Å². The molecule has 3 aromatic rings. The lowest BCUT2D eigenvalue weighted by molar-refractivity contribution is -0.121. The summed E-state index contributed by atoms with van der Waals surface area (Å²) in [5.74, 6) is 0.725. The molecule has 0 unspecified atom stereocenters. The average Bonchev–Trinajstić information content (AvgIpc) is 3.34. The van der Waals surface area contributed by atoms with Crippen LogP contribution < -0.4 is 5.32 Å². The number of nitrogens with one attached hydrogen (secondary N) is 1. The van der Waals surface area contributed by atoms with E-state index in [0.717, 1.165) is 31.0 Å². The summed E-state index contributed by atoms with van der Waals surface area (Å²) < 4.78 is 1.99. The van der Waals surface area contributed by atoms with E-state index in [9.17, 15) is 4.79 Å². The molecule has 1 aliphatic rings. The van der Waals surface area contributed by atoms with Gasteiger partial charge < -0.3 is 14.6 Å². The van der Waals surface area contributed by atoms with Gasteiger partial charge in [-0.25, -0.2) is 4.98 Å². The summed E-state index contributed by atoms with van der Waals surface area (Å²) in [6, 6.07) is 16.7. The number of benzene rings is 1. The molecule has 1 aromatic carbocycles. The maximum absolute atomic E-state index is 12.1. The van der Waals surface area contributed by atoms with Crippen LogP contribution in [0, 0.1) is 0 Å². The van der Waals surface area contributed by atoms with Gasteiger partial charge in [-0.15, -0.1) is 0 Å². The van der Waals surface area contributed by atoms with Crippen LogP contribution in [0.25, 0.3) is 5.65 Å². The molecule has 27 heavy (non-hydrogen) atoms. The summed E-state index contributed by atoms with van der Waals surface area (Å²) in [5.41, 5.74) is 3.31. The number of fused-ring (bicyclic) bond motifs is 1. The lowest BCUT2D eigenvalue weighted by Gasteiger charge is -2.16. The standard InChI is InChI=1S/C22H26N4O/c27-22(10-9-20-17-26-13-5-4-8-21(26)24-20)23-12-15-25-14-11-19(16-25)18-6-2-1-3-7-18/h1-8,13,17,19H,9-12,14-16H2,(H,23,27)/t19-/m0/s1. The SMILES string of the molecule is O=C(CCc1cn2ccccc2n1)NCCN1CC[C@H](c2ccccc2)C1. The van der Waals surface area contributed by atoms with Crippen molar-refractivity contribution in [3.63, 3.8) is 0 Å². The topological polar surface area (TPSA) is 49.6 Å². The smallest absolute Gasteiger partial charge is 0.220 e. The molecular formula is C22H26N4O. The molecule has 3 heterocycles. The molecule has 4 rings (SSSR count). The highest BCUT2D eigenvalue weighted by Gasteiger charge is 2.23. The quantitative estimate of drug-likeness (QED) is 0.703. The van der Waals surface area contributed by atoms with Crippen molar-refractivity contribution in [2.45, 2.75) is 25.2 Å². The van der Waals surface area contributed by atoms with Crippen LogP contribution >= 0.6 is 0 Å². The Morgan fingerprint density at radius 1 is 1.15 bits per heavy atom. The molecule has 1 amide bonds. The van der Waals surface area contributed by atoms with Crippen LogP contribution in [0.3, 0.4) is 0 Å². The highest BCUT2D eigenvalue weighted by atomic mass is 16.1. The van der Waals surface area contributed by atoms with Crippen LogP contribution in [0.5, 0.6) is 0 Å². The van der Waals surface area contributed by atoms with Crippen LogP contribution in [0.1, 0.15) is 30.0 Å². The number of rotatable bonds is 7. The second-order valence-corrected chi connectivity index (χ2v) is 7.25. The van der Waals surface area contributed by atoms with Crippen LogP contribution in [0.4, 0.5) is 0 Å². The van der Waals surface area contributed by atoms with Gasteiger partial charge in [0.05, 0.1) is 5.69 Å². The summed E-state index contributed by atoms with van der Waals surface area (Å²) in [7, 11) is 0. The second-order valence-electron chi connectivity index (χ2n) is 7.25. The van der Waals surface area contributed by atoms with E-state index in [1.54, 1.807) is 0 Å². The Labute approximate surface area is 160 Å². The van der Waals surface area contributed by atoms with Crippen LogP contribution in [-0.4, -0.2) is 46.4 Å². The normalized spacial score (nSPS) is 17.4. The molecule has 140 valence electrons. The summed E-state index contributed by atoms with van der Waals surface area (Å²) >= 11 is 0. The second kappa shape index (κ2) is 8.35. The molecule has 1 fully saturated rings. The van der Waals surface area contributed by atoms with E-state index in [1.807, 2.05) is 35.0 Å². The number of aryl methyl sites for hydroxylation is 1. The Morgan fingerprint density at radius 3 is 2.85 bits per heavy atom. The van der Waals surface area contributed by atoms with Crippen molar-refractivity contribution in [1.29, 1.82) is 0 Å². The molecule has 2 aromatic heterocycles. The molecule has 1 aliphatic heterocycles. The Balaban J connectivity index is 1.17. The molecule has 1 saturated heterocycles. The minimum absolute atomic E-state index is 0.103. The molecule has 0 radical (unpaired) electrons. The van der Waals surface area contributed by atoms with Gasteiger partial charge in [0.25, 0.3) is 0 Å². The van der Waals surface area contributed by atoms with E-state index in [4.69, 9.17) is 0 Å². The van der Waals surface area contributed by atoms with Gasteiger partial charge in [0.2, 0.25) is 5.91 Å². The van der Waals surface area contributed by atoms with Gasteiger partial charge >= 0.3 is 0 Å². The van der Waals surface area contributed by atoms with Gasteiger partial charge in [-0.3, -0.25) is 4.79 Å². The van der Waals surface area contributed by atoms with E-state index in [2.05, 4.69) is 45.5 Å². The lowest BCUT2D eigenvalue weighted by atomic mass is 9.99. The number of hydrogen-bond acceptors (Lipinski definition) is 3. The minimum Gasteiger partial charge on any atom is -0.355 e. The molecule has 5 nitrogen and oxygen atoms in total. The molecule has 1 atom stereocenters. The van der Waals surface area contributed by atoms with Crippen LogP contribution in [0.2, 0.25) is 0 Å². The zero-order valence-electron chi connectivity index (χ0n) is 15.6. The first-order valence-electron chi connectivity index (χ1n) is 9.74. The summed E-state index contributed by atoms with van der Waals surface area (Å²) in [6.07, 6.45) is 6.33. The van der Waals surface area contributed by atoms with Crippen molar-refractivity contribution in [1.82, 2.24) is 19.6 Å². The molecule has 1 N–H and O–H groups in total. The van der Waals surface area contributed by atoms with Crippen molar-refractivity contribution >= 4 is 11.6 Å². The predicted octanol–water partition coefficient (Wildman–Crippen LogP) is 2.87. The molecule has 5 heteroatoms. The van der Waals surface area contributed by atoms with Crippen LogP contribution in [0.15, 0.2) is 60.9 Å². The molecule has 0 bridgehead atoms. The zero-order chi connectivity index (χ0) is 18.5. The van der Waals surface area contributed by atoms with Gasteiger partial charge in [-0.2, -0.15) is 0 Å². The number of likely N-dealkylation sites (tertiary alicyclic amines) is 1. The lowest BCUT2D eigenvalue weighted by Crippen LogP contribution is -2.33. The molecular weight excluding hydrogens is 336 g/mol. The summed E-state index contributed by atoms with van der Waals surface area (Å²) in [5, 5.41) is 3.05. The third-order valence-electron chi connectivity index (χ3n) is 5.32. The third-order valence-corrected chi connectivity index (χ3v) is 5.32. The third kappa shape index (κ3) is 4.55. The monoisotopic (exact) mass is 362 g/mol. The highest BCUT2D eigenvalue weighted by Crippen LogP contribution is 2.26. The Morgan fingerprint density at radius 2 is 2.00 bits per heavy atom. The van der Waals surface area contributed by atoms with E-state index in [0.29, 0.717) is 25.3 Å². The van der Waals surface area contributed by atoms with E-state index in [1.165, 1.54) is 12.0 Å².